The second-order valence-corrected chi connectivity index (χ2v) is 3.65. The van der Waals surface area contributed by atoms with E-state index < -0.39 is 0 Å². The molecule has 4 heteroatoms. The monoisotopic (exact) mass is 234 g/mol. The quantitative estimate of drug-likeness (QED) is 0.833. The summed E-state index contributed by atoms with van der Waals surface area (Å²) in [7, 11) is 0. The van der Waals surface area contributed by atoms with Crippen molar-refractivity contribution in [2.24, 2.45) is 0 Å². The fourth-order valence-electron chi connectivity index (χ4n) is 1.56. The number of aromatic nitrogens is 1. The Morgan fingerprint density at radius 1 is 1.35 bits per heavy atom. The summed E-state index contributed by atoms with van der Waals surface area (Å²) in [6.07, 6.45) is 3.76. The van der Waals surface area contributed by atoms with Crippen molar-refractivity contribution in [1.82, 2.24) is 4.98 Å². The van der Waals surface area contributed by atoms with E-state index in [1.54, 1.807) is 12.1 Å². The molecule has 1 aromatic heterocycles. The molecular weight excluding hydrogens is 219 g/mol. The van der Waals surface area contributed by atoms with Crippen LogP contribution in [0.5, 0.6) is 5.75 Å². The van der Waals surface area contributed by atoms with Gasteiger partial charge >= 0.3 is 0 Å². The van der Waals surface area contributed by atoms with Gasteiger partial charge in [0.25, 0.3) is 0 Å². The fourth-order valence-corrected chi connectivity index (χ4v) is 1.56. The van der Waals surface area contributed by atoms with Gasteiger partial charge in [0.2, 0.25) is 0 Å². The second kappa shape index (κ2) is 5.39. The van der Waals surface area contributed by atoms with Crippen LogP contribution in [0.15, 0.2) is 36.7 Å². The van der Waals surface area contributed by atoms with E-state index in [1.165, 1.54) is 6.07 Å². The molecule has 3 nitrogen and oxygen atoms in total. The van der Waals surface area contributed by atoms with E-state index in [0.29, 0.717) is 18.9 Å². The van der Waals surface area contributed by atoms with Gasteiger partial charge in [-0.15, -0.1) is 0 Å². The number of benzene rings is 1. The highest BCUT2D eigenvalue weighted by atomic mass is 19.1. The summed E-state index contributed by atoms with van der Waals surface area (Å²) >= 11 is 0. The van der Waals surface area contributed by atoms with E-state index in [-0.39, 0.29) is 5.82 Å². The normalized spacial score (nSPS) is 10.2. The van der Waals surface area contributed by atoms with E-state index in [9.17, 15) is 4.39 Å². The molecule has 1 aromatic carbocycles. The number of anilines is 1. The molecule has 0 fully saturated rings. The molecule has 0 radical (unpaired) electrons. The Hall–Kier alpha value is -1.97. The summed E-state index contributed by atoms with van der Waals surface area (Å²) in [5.74, 6) is -0.0504. The van der Waals surface area contributed by atoms with Crippen molar-refractivity contribution in [1.29, 1.82) is 0 Å². The highest BCUT2D eigenvalue weighted by Crippen LogP contribution is 2.21. The predicted octanol–water partition coefficient (Wildman–Crippen LogP) is 3.16. The van der Waals surface area contributed by atoms with Crippen molar-refractivity contribution in [2.75, 3.05) is 11.9 Å². The minimum Gasteiger partial charge on any atom is -0.491 e. The maximum atomic E-state index is 13.5. The van der Waals surface area contributed by atoms with Gasteiger partial charge in [-0.25, -0.2) is 4.39 Å². The molecule has 0 saturated carbocycles. The lowest BCUT2D eigenvalue weighted by atomic mass is 10.2. The number of hydrogen-bond acceptors (Lipinski definition) is 2. The maximum Gasteiger partial charge on any atom is 0.167 e. The molecule has 0 bridgehead atoms. The van der Waals surface area contributed by atoms with Crippen molar-refractivity contribution in [2.45, 2.75) is 13.5 Å². The first-order chi connectivity index (χ1) is 8.29. The Labute approximate surface area is 99.6 Å². The van der Waals surface area contributed by atoms with Crippen molar-refractivity contribution in [3.63, 3.8) is 0 Å². The molecule has 2 rings (SSSR count). The lowest BCUT2D eigenvalue weighted by Crippen LogP contribution is -2.00. The molecule has 0 unspecified atom stereocenters. The molecule has 0 saturated heterocycles. The predicted molar refractivity (Wildman–Crippen MR) is 65.7 cm³/mol. The van der Waals surface area contributed by atoms with Gasteiger partial charge in [-0.05, 0) is 30.7 Å². The third-order valence-corrected chi connectivity index (χ3v) is 2.39. The molecule has 1 heterocycles. The van der Waals surface area contributed by atoms with Crippen molar-refractivity contribution >= 4 is 5.69 Å². The molecule has 0 aliphatic rings. The molecular formula is C13H15FN2O. The van der Waals surface area contributed by atoms with E-state index in [0.717, 1.165) is 11.3 Å². The summed E-state index contributed by atoms with van der Waals surface area (Å²) in [6, 6.07) is 6.86. The molecule has 0 aliphatic heterocycles. The highest BCUT2D eigenvalue weighted by Gasteiger charge is 2.03. The van der Waals surface area contributed by atoms with Gasteiger partial charge in [-0.3, -0.25) is 0 Å². The van der Waals surface area contributed by atoms with Gasteiger partial charge in [0.05, 0.1) is 6.61 Å². The number of nitrogens with one attached hydrogen (secondary N) is 2. The van der Waals surface area contributed by atoms with Crippen molar-refractivity contribution < 1.29 is 9.13 Å². The maximum absolute atomic E-state index is 13.5. The van der Waals surface area contributed by atoms with E-state index in [4.69, 9.17) is 4.74 Å². The Bertz CT molecular complexity index is 468. The van der Waals surface area contributed by atoms with Crippen LogP contribution in [0, 0.1) is 5.82 Å². The Morgan fingerprint density at radius 2 is 2.24 bits per heavy atom. The largest absolute Gasteiger partial charge is 0.491 e. The summed E-state index contributed by atoms with van der Waals surface area (Å²) in [5.41, 5.74) is 1.87. The van der Waals surface area contributed by atoms with Crippen LogP contribution >= 0.6 is 0 Å². The van der Waals surface area contributed by atoms with Gasteiger partial charge in [0.1, 0.15) is 0 Å². The van der Waals surface area contributed by atoms with E-state index >= 15 is 0 Å². The minimum absolute atomic E-state index is 0.291. The van der Waals surface area contributed by atoms with Gasteiger partial charge < -0.3 is 15.0 Å². The summed E-state index contributed by atoms with van der Waals surface area (Å²) < 4.78 is 18.7. The number of rotatable bonds is 5. The number of aromatic amines is 1. The number of hydrogen-bond donors (Lipinski definition) is 2. The fraction of sp³-hybridized carbons (Fsp3) is 0.231. The zero-order valence-electron chi connectivity index (χ0n) is 9.66. The molecule has 0 amide bonds. The first-order valence-corrected chi connectivity index (χ1v) is 5.57. The Morgan fingerprint density at radius 3 is 2.88 bits per heavy atom. The van der Waals surface area contributed by atoms with E-state index in [2.05, 4.69) is 10.3 Å². The minimum atomic E-state index is -0.342. The Balaban J connectivity index is 2.00. The van der Waals surface area contributed by atoms with Crippen LogP contribution in [-0.4, -0.2) is 11.6 Å². The van der Waals surface area contributed by atoms with Crippen LogP contribution in [-0.2, 0) is 6.54 Å². The first kappa shape index (κ1) is 11.5. The third-order valence-electron chi connectivity index (χ3n) is 2.39. The average molecular weight is 234 g/mol. The zero-order chi connectivity index (χ0) is 12.1. The summed E-state index contributed by atoms with van der Waals surface area (Å²) in [4.78, 5) is 2.97. The molecule has 17 heavy (non-hydrogen) atoms. The zero-order valence-corrected chi connectivity index (χ0v) is 9.66. The van der Waals surface area contributed by atoms with Crippen molar-refractivity contribution in [3.8, 4) is 5.75 Å². The summed E-state index contributed by atoms with van der Waals surface area (Å²) in [6.45, 7) is 2.96. The van der Waals surface area contributed by atoms with Crippen LogP contribution in [0.25, 0.3) is 0 Å². The van der Waals surface area contributed by atoms with Crippen LogP contribution in [0.2, 0.25) is 0 Å². The van der Waals surface area contributed by atoms with Gasteiger partial charge in [-0.1, -0.05) is 0 Å². The smallest absolute Gasteiger partial charge is 0.167 e. The van der Waals surface area contributed by atoms with E-state index in [1.807, 2.05) is 25.4 Å². The molecule has 0 aliphatic carbocycles. The SMILES string of the molecule is CCOc1ccc(NCc2cc[nH]c2)cc1F. The number of halogens is 1. The second-order valence-electron chi connectivity index (χ2n) is 3.65. The lowest BCUT2D eigenvalue weighted by Gasteiger charge is -2.08. The van der Waals surface area contributed by atoms with Crippen LogP contribution in [0.4, 0.5) is 10.1 Å². The number of H-pyrrole nitrogens is 1. The van der Waals surface area contributed by atoms with Crippen LogP contribution in [0.3, 0.4) is 0 Å². The van der Waals surface area contributed by atoms with Gasteiger partial charge in [0.15, 0.2) is 11.6 Å². The van der Waals surface area contributed by atoms with Gasteiger partial charge in [-0.2, -0.15) is 0 Å². The van der Waals surface area contributed by atoms with Crippen LogP contribution in [0.1, 0.15) is 12.5 Å². The molecule has 2 N–H and O–H groups in total. The molecule has 0 atom stereocenters. The van der Waals surface area contributed by atoms with Crippen LogP contribution < -0.4 is 10.1 Å². The highest BCUT2D eigenvalue weighted by molar-refractivity contribution is 5.47. The third kappa shape index (κ3) is 3.00. The molecule has 0 spiro atoms. The first-order valence-electron chi connectivity index (χ1n) is 5.57. The Kier molecular flexibility index (Phi) is 3.65. The molecule has 2 aromatic rings. The van der Waals surface area contributed by atoms with Crippen molar-refractivity contribution in [3.05, 3.63) is 48.0 Å². The lowest BCUT2D eigenvalue weighted by molar-refractivity contribution is 0.321. The average Bonchev–Trinajstić information content (AvgIpc) is 2.83. The molecule has 90 valence electrons. The number of ether oxygens (including phenoxy) is 1. The summed E-state index contributed by atoms with van der Waals surface area (Å²) in [5, 5.41) is 3.14. The topological polar surface area (TPSA) is 37.0 Å². The standard InChI is InChI=1S/C13H15FN2O/c1-2-17-13-4-3-11(7-12(13)14)16-9-10-5-6-15-8-10/h3-8,15-16H,2,9H2,1H3. The van der Waals surface area contributed by atoms with Gasteiger partial charge in [0, 0.05) is 30.7 Å².